The van der Waals surface area contributed by atoms with E-state index >= 15 is 0 Å². The van der Waals surface area contributed by atoms with E-state index in [0.29, 0.717) is 6.54 Å². The highest BCUT2D eigenvalue weighted by Crippen LogP contribution is 2.32. The normalized spacial score (nSPS) is 29.8. The third kappa shape index (κ3) is 2.05. The topological polar surface area (TPSA) is 60.2 Å². The van der Waals surface area contributed by atoms with Gasteiger partial charge in [-0.25, -0.2) is 8.42 Å². The molecule has 1 aliphatic carbocycles. The zero-order chi connectivity index (χ0) is 10.1. The van der Waals surface area contributed by atoms with Crippen molar-refractivity contribution in [2.24, 2.45) is 11.7 Å². The van der Waals surface area contributed by atoms with Crippen molar-refractivity contribution < 1.29 is 8.42 Å². The molecule has 0 aromatic heterocycles. The summed E-state index contributed by atoms with van der Waals surface area (Å²) in [4.78, 5) is 0. The molecule has 0 spiro atoms. The Morgan fingerprint density at radius 2 is 2.00 bits per heavy atom. The van der Waals surface area contributed by atoms with Crippen LogP contribution >= 0.6 is 0 Å². The maximum atomic E-state index is 11.8. The average Bonchev–Trinajstić information content (AvgIpc) is 2.51. The van der Waals surface area contributed by atoms with E-state index < -0.39 is 9.84 Å². The van der Waals surface area contributed by atoms with E-state index in [9.17, 15) is 8.42 Å². The summed E-state index contributed by atoms with van der Waals surface area (Å²) in [5.74, 6) is 0.201. The maximum Gasteiger partial charge on any atom is 0.155 e. The van der Waals surface area contributed by atoms with Crippen molar-refractivity contribution in [3.63, 3.8) is 0 Å². The van der Waals surface area contributed by atoms with Gasteiger partial charge < -0.3 is 5.73 Å². The van der Waals surface area contributed by atoms with Crippen LogP contribution in [-0.4, -0.2) is 25.5 Å². The standard InChI is InChI=1S/C9H19NO2S/c1-7(2)13(11,12)9-5-3-4-8(9)6-10/h7-9H,3-6,10H2,1-2H3. The lowest BCUT2D eigenvalue weighted by atomic mass is 10.1. The highest BCUT2D eigenvalue weighted by atomic mass is 32.2. The fourth-order valence-electron chi connectivity index (χ4n) is 2.05. The molecule has 1 aliphatic rings. The molecule has 4 heteroatoms. The molecule has 13 heavy (non-hydrogen) atoms. The van der Waals surface area contributed by atoms with E-state index in [2.05, 4.69) is 0 Å². The molecule has 0 saturated heterocycles. The van der Waals surface area contributed by atoms with Gasteiger partial charge in [0.1, 0.15) is 0 Å². The van der Waals surface area contributed by atoms with Crippen LogP contribution < -0.4 is 5.73 Å². The van der Waals surface area contributed by atoms with Crippen LogP contribution in [0.25, 0.3) is 0 Å². The monoisotopic (exact) mass is 205 g/mol. The predicted octanol–water partition coefficient (Wildman–Crippen LogP) is 0.937. The first-order valence-corrected chi connectivity index (χ1v) is 6.54. The second kappa shape index (κ2) is 3.96. The third-order valence-electron chi connectivity index (χ3n) is 2.97. The molecule has 1 rings (SSSR count). The SMILES string of the molecule is CC(C)S(=O)(=O)C1CCCC1CN. The highest BCUT2D eigenvalue weighted by molar-refractivity contribution is 7.92. The summed E-state index contributed by atoms with van der Waals surface area (Å²) >= 11 is 0. The number of nitrogens with two attached hydrogens (primary N) is 1. The Morgan fingerprint density at radius 1 is 1.38 bits per heavy atom. The van der Waals surface area contributed by atoms with Crippen molar-refractivity contribution in [1.29, 1.82) is 0 Å². The van der Waals surface area contributed by atoms with Crippen LogP contribution in [0.2, 0.25) is 0 Å². The highest BCUT2D eigenvalue weighted by Gasteiger charge is 2.37. The molecule has 0 heterocycles. The Hall–Kier alpha value is -0.0900. The van der Waals surface area contributed by atoms with Gasteiger partial charge in [0.15, 0.2) is 9.84 Å². The smallest absolute Gasteiger partial charge is 0.155 e. The minimum atomic E-state index is -2.92. The second-order valence-corrected chi connectivity index (χ2v) is 6.83. The number of rotatable bonds is 3. The van der Waals surface area contributed by atoms with Crippen molar-refractivity contribution in [1.82, 2.24) is 0 Å². The van der Waals surface area contributed by atoms with E-state index in [1.54, 1.807) is 13.8 Å². The Balaban J connectivity index is 2.82. The first kappa shape index (κ1) is 11.0. The van der Waals surface area contributed by atoms with E-state index in [-0.39, 0.29) is 16.4 Å². The van der Waals surface area contributed by atoms with Gasteiger partial charge in [-0.15, -0.1) is 0 Å². The van der Waals surface area contributed by atoms with E-state index in [1.165, 1.54) is 0 Å². The molecule has 2 N–H and O–H groups in total. The summed E-state index contributed by atoms with van der Waals surface area (Å²) in [6.45, 7) is 4.01. The van der Waals surface area contributed by atoms with Crippen LogP contribution in [0, 0.1) is 5.92 Å². The van der Waals surface area contributed by atoms with Crippen LogP contribution in [0.1, 0.15) is 33.1 Å². The van der Waals surface area contributed by atoms with Crippen molar-refractivity contribution >= 4 is 9.84 Å². The molecule has 1 fully saturated rings. The van der Waals surface area contributed by atoms with Crippen LogP contribution in [0.3, 0.4) is 0 Å². The van der Waals surface area contributed by atoms with Crippen LogP contribution in [0.4, 0.5) is 0 Å². The molecule has 0 radical (unpaired) electrons. The lowest BCUT2D eigenvalue weighted by Crippen LogP contribution is -2.34. The molecule has 78 valence electrons. The molecule has 0 aliphatic heterocycles. The molecule has 2 atom stereocenters. The van der Waals surface area contributed by atoms with Gasteiger partial charge in [-0.1, -0.05) is 6.42 Å². The van der Waals surface area contributed by atoms with Gasteiger partial charge in [-0.3, -0.25) is 0 Å². The maximum absolute atomic E-state index is 11.8. The van der Waals surface area contributed by atoms with Crippen LogP contribution in [0.5, 0.6) is 0 Å². The van der Waals surface area contributed by atoms with Gasteiger partial charge in [-0.2, -0.15) is 0 Å². The fraction of sp³-hybridized carbons (Fsp3) is 1.00. The number of hydrogen-bond acceptors (Lipinski definition) is 3. The third-order valence-corrected chi connectivity index (χ3v) is 5.75. The zero-order valence-corrected chi connectivity index (χ0v) is 9.18. The molecule has 0 amide bonds. The average molecular weight is 205 g/mol. The van der Waals surface area contributed by atoms with E-state index in [4.69, 9.17) is 5.73 Å². The van der Waals surface area contributed by atoms with Crippen molar-refractivity contribution in [3.05, 3.63) is 0 Å². The van der Waals surface area contributed by atoms with Gasteiger partial charge in [0.25, 0.3) is 0 Å². The van der Waals surface area contributed by atoms with Crippen molar-refractivity contribution in [2.75, 3.05) is 6.54 Å². The van der Waals surface area contributed by atoms with Gasteiger partial charge in [-0.05, 0) is 39.2 Å². The quantitative estimate of drug-likeness (QED) is 0.746. The van der Waals surface area contributed by atoms with E-state index in [1.807, 2.05) is 0 Å². The second-order valence-electron chi connectivity index (χ2n) is 4.10. The lowest BCUT2D eigenvalue weighted by Gasteiger charge is -2.20. The Kier molecular flexibility index (Phi) is 3.35. The summed E-state index contributed by atoms with van der Waals surface area (Å²) in [5, 5.41) is -0.429. The number of sulfone groups is 1. The Morgan fingerprint density at radius 3 is 2.46 bits per heavy atom. The van der Waals surface area contributed by atoms with Gasteiger partial charge in [0.05, 0.1) is 10.5 Å². The minimum Gasteiger partial charge on any atom is -0.330 e. The molecule has 2 unspecified atom stereocenters. The van der Waals surface area contributed by atoms with E-state index in [0.717, 1.165) is 19.3 Å². The number of hydrogen-bond donors (Lipinski definition) is 1. The molecule has 0 bridgehead atoms. The lowest BCUT2D eigenvalue weighted by molar-refractivity contribution is 0.518. The summed E-state index contributed by atoms with van der Waals surface area (Å²) < 4.78 is 23.7. The first-order chi connectivity index (χ1) is 6.00. The molecule has 0 aromatic carbocycles. The molecule has 3 nitrogen and oxygen atoms in total. The summed E-state index contributed by atoms with van der Waals surface area (Å²) in [5.41, 5.74) is 5.56. The molecular weight excluding hydrogens is 186 g/mol. The van der Waals surface area contributed by atoms with Crippen molar-refractivity contribution in [3.8, 4) is 0 Å². The van der Waals surface area contributed by atoms with Gasteiger partial charge in [0, 0.05) is 0 Å². The minimum absolute atomic E-state index is 0.169. The Labute approximate surface area is 80.6 Å². The Bertz CT molecular complexity index is 259. The van der Waals surface area contributed by atoms with Crippen LogP contribution in [-0.2, 0) is 9.84 Å². The summed E-state index contributed by atoms with van der Waals surface area (Å²) in [6, 6.07) is 0. The molecule has 1 saturated carbocycles. The first-order valence-electron chi connectivity index (χ1n) is 4.93. The van der Waals surface area contributed by atoms with Gasteiger partial charge >= 0.3 is 0 Å². The fourth-order valence-corrected chi connectivity index (χ4v) is 4.03. The molecular formula is C9H19NO2S. The zero-order valence-electron chi connectivity index (χ0n) is 8.36. The predicted molar refractivity (Wildman–Crippen MR) is 54.2 cm³/mol. The summed E-state index contributed by atoms with van der Waals surface area (Å²) in [6.07, 6.45) is 2.80. The van der Waals surface area contributed by atoms with Crippen molar-refractivity contribution in [2.45, 2.75) is 43.6 Å². The largest absolute Gasteiger partial charge is 0.330 e. The van der Waals surface area contributed by atoms with Crippen LogP contribution in [0.15, 0.2) is 0 Å². The summed E-state index contributed by atoms with van der Waals surface area (Å²) in [7, 11) is -2.92. The molecule has 0 aromatic rings. The van der Waals surface area contributed by atoms with Gasteiger partial charge in [0.2, 0.25) is 0 Å².